The predicted octanol–water partition coefficient (Wildman–Crippen LogP) is 2.74. The number of nitrogens with zero attached hydrogens (tertiary/aromatic N) is 1. The number of hydrogen-bond acceptors (Lipinski definition) is 3. The Morgan fingerprint density at radius 3 is 2.63 bits per heavy atom. The van der Waals surface area contributed by atoms with Crippen LogP contribution in [-0.4, -0.2) is 30.6 Å². The summed E-state index contributed by atoms with van der Waals surface area (Å²) in [6, 6.07) is 3.47. The van der Waals surface area contributed by atoms with E-state index in [9.17, 15) is 13.6 Å². The van der Waals surface area contributed by atoms with Gasteiger partial charge in [-0.3, -0.25) is 9.69 Å². The number of esters is 1. The van der Waals surface area contributed by atoms with Crippen LogP contribution in [0.1, 0.15) is 25.8 Å². The fourth-order valence-electron chi connectivity index (χ4n) is 1.81. The number of benzene rings is 1. The van der Waals surface area contributed by atoms with Crippen LogP contribution < -0.4 is 0 Å². The third-order valence-electron chi connectivity index (χ3n) is 2.61. The fourth-order valence-corrected chi connectivity index (χ4v) is 1.81. The van der Waals surface area contributed by atoms with Gasteiger partial charge in [-0.15, -0.1) is 0 Å². The van der Waals surface area contributed by atoms with E-state index in [1.807, 2.05) is 6.92 Å². The van der Waals surface area contributed by atoms with Crippen molar-refractivity contribution in [2.45, 2.75) is 26.8 Å². The van der Waals surface area contributed by atoms with Gasteiger partial charge in [0.15, 0.2) is 0 Å². The van der Waals surface area contributed by atoms with E-state index < -0.39 is 11.6 Å². The van der Waals surface area contributed by atoms with Crippen molar-refractivity contribution in [3.05, 3.63) is 35.4 Å². The molecule has 5 heteroatoms. The molecule has 0 amide bonds. The first-order chi connectivity index (χ1) is 9.06. The smallest absolute Gasteiger partial charge is 0.320 e. The number of halogens is 2. The Bertz CT molecular complexity index is 424. The van der Waals surface area contributed by atoms with Gasteiger partial charge in [0, 0.05) is 18.2 Å². The molecule has 0 saturated heterocycles. The van der Waals surface area contributed by atoms with E-state index in [1.165, 1.54) is 12.1 Å². The highest BCUT2D eigenvalue weighted by atomic mass is 19.1. The first-order valence-electron chi connectivity index (χ1n) is 6.38. The highest BCUT2D eigenvalue weighted by Crippen LogP contribution is 2.12. The SMILES string of the molecule is CCCN(CC(=O)OCC)Cc1ccc(F)cc1F. The Morgan fingerprint density at radius 2 is 2.05 bits per heavy atom. The van der Waals surface area contributed by atoms with E-state index >= 15 is 0 Å². The molecule has 0 aromatic heterocycles. The average Bonchev–Trinajstić information content (AvgIpc) is 2.33. The Balaban J connectivity index is 2.69. The lowest BCUT2D eigenvalue weighted by Crippen LogP contribution is -2.31. The van der Waals surface area contributed by atoms with Crippen LogP contribution in [0.2, 0.25) is 0 Å². The maximum Gasteiger partial charge on any atom is 0.320 e. The Hall–Kier alpha value is -1.49. The topological polar surface area (TPSA) is 29.5 Å². The zero-order valence-electron chi connectivity index (χ0n) is 11.3. The van der Waals surface area contributed by atoms with Crippen LogP contribution in [0, 0.1) is 11.6 Å². The summed E-state index contributed by atoms with van der Waals surface area (Å²) in [6.07, 6.45) is 0.836. The number of hydrogen-bond donors (Lipinski definition) is 0. The summed E-state index contributed by atoms with van der Waals surface area (Å²) in [5, 5.41) is 0. The molecule has 0 aliphatic carbocycles. The van der Waals surface area contributed by atoms with Crippen molar-refractivity contribution in [1.82, 2.24) is 4.90 Å². The minimum absolute atomic E-state index is 0.110. The first-order valence-corrected chi connectivity index (χ1v) is 6.38. The van der Waals surface area contributed by atoms with Crippen LogP contribution in [0.15, 0.2) is 18.2 Å². The quantitative estimate of drug-likeness (QED) is 0.714. The van der Waals surface area contributed by atoms with Crippen LogP contribution in [0.3, 0.4) is 0 Å². The molecule has 106 valence electrons. The normalized spacial score (nSPS) is 10.8. The molecule has 0 radical (unpaired) electrons. The monoisotopic (exact) mass is 271 g/mol. The van der Waals surface area contributed by atoms with E-state index in [1.54, 1.807) is 11.8 Å². The summed E-state index contributed by atoms with van der Waals surface area (Å²) in [5.74, 6) is -1.53. The second-order valence-electron chi connectivity index (χ2n) is 4.25. The zero-order chi connectivity index (χ0) is 14.3. The highest BCUT2D eigenvalue weighted by molar-refractivity contribution is 5.71. The van der Waals surface area contributed by atoms with Crippen molar-refractivity contribution in [2.75, 3.05) is 19.7 Å². The molecule has 3 nitrogen and oxygen atoms in total. The van der Waals surface area contributed by atoms with E-state index in [2.05, 4.69) is 0 Å². The van der Waals surface area contributed by atoms with Crippen molar-refractivity contribution >= 4 is 5.97 Å². The van der Waals surface area contributed by atoms with Crippen molar-refractivity contribution in [3.63, 3.8) is 0 Å². The summed E-state index contributed by atoms with van der Waals surface area (Å²) in [6.45, 7) is 5.05. The first kappa shape index (κ1) is 15.6. The Labute approximate surface area is 112 Å². The fraction of sp³-hybridized carbons (Fsp3) is 0.500. The molecule has 0 unspecified atom stereocenters. The molecule has 0 atom stereocenters. The lowest BCUT2D eigenvalue weighted by Gasteiger charge is -2.20. The Kier molecular flexibility index (Phi) is 6.42. The van der Waals surface area contributed by atoms with Gasteiger partial charge in [-0.05, 0) is 26.0 Å². The molecule has 0 bridgehead atoms. The van der Waals surface area contributed by atoms with Gasteiger partial charge in [-0.1, -0.05) is 13.0 Å². The molecule has 0 aliphatic rings. The lowest BCUT2D eigenvalue weighted by molar-refractivity contribution is -0.144. The molecule has 0 saturated carbocycles. The summed E-state index contributed by atoms with van der Waals surface area (Å²) in [4.78, 5) is 13.2. The molecular formula is C14H19F2NO2. The number of carbonyl (C=O) groups excluding carboxylic acids is 1. The average molecular weight is 271 g/mol. The summed E-state index contributed by atoms with van der Waals surface area (Å²) >= 11 is 0. The maximum atomic E-state index is 13.6. The van der Waals surface area contributed by atoms with Crippen LogP contribution >= 0.6 is 0 Å². The van der Waals surface area contributed by atoms with Gasteiger partial charge in [0.2, 0.25) is 0 Å². The van der Waals surface area contributed by atoms with Crippen molar-refractivity contribution in [3.8, 4) is 0 Å². The molecule has 0 fully saturated rings. The number of rotatable bonds is 7. The van der Waals surface area contributed by atoms with E-state index in [0.717, 1.165) is 12.5 Å². The molecule has 0 N–H and O–H groups in total. The van der Waals surface area contributed by atoms with E-state index in [4.69, 9.17) is 4.74 Å². The lowest BCUT2D eigenvalue weighted by atomic mass is 10.2. The van der Waals surface area contributed by atoms with Crippen LogP contribution in [-0.2, 0) is 16.1 Å². The second kappa shape index (κ2) is 7.84. The Morgan fingerprint density at radius 1 is 1.32 bits per heavy atom. The third kappa shape index (κ3) is 5.34. The third-order valence-corrected chi connectivity index (χ3v) is 2.61. The molecule has 1 aromatic carbocycles. The number of ether oxygens (including phenoxy) is 1. The number of carbonyl (C=O) groups is 1. The van der Waals surface area contributed by atoms with Gasteiger partial charge in [0.25, 0.3) is 0 Å². The molecule has 0 spiro atoms. The van der Waals surface area contributed by atoms with Crippen LogP contribution in [0.4, 0.5) is 8.78 Å². The van der Waals surface area contributed by atoms with Crippen molar-refractivity contribution < 1.29 is 18.3 Å². The molecule has 0 heterocycles. The van der Waals surface area contributed by atoms with Gasteiger partial charge in [-0.25, -0.2) is 8.78 Å². The zero-order valence-corrected chi connectivity index (χ0v) is 11.3. The predicted molar refractivity (Wildman–Crippen MR) is 68.6 cm³/mol. The second-order valence-corrected chi connectivity index (χ2v) is 4.25. The van der Waals surface area contributed by atoms with Gasteiger partial charge in [0.1, 0.15) is 11.6 Å². The molecule has 0 aliphatic heterocycles. The minimum atomic E-state index is -0.603. The largest absolute Gasteiger partial charge is 0.465 e. The van der Waals surface area contributed by atoms with Crippen molar-refractivity contribution in [2.24, 2.45) is 0 Å². The maximum absolute atomic E-state index is 13.6. The standard InChI is InChI=1S/C14H19F2NO2/c1-3-7-17(10-14(18)19-4-2)9-11-5-6-12(15)8-13(11)16/h5-6,8H,3-4,7,9-10H2,1-2H3. The minimum Gasteiger partial charge on any atom is -0.465 e. The van der Waals surface area contributed by atoms with Gasteiger partial charge < -0.3 is 4.74 Å². The van der Waals surface area contributed by atoms with Gasteiger partial charge in [-0.2, -0.15) is 0 Å². The van der Waals surface area contributed by atoms with E-state index in [0.29, 0.717) is 18.7 Å². The van der Waals surface area contributed by atoms with Gasteiger partial charge >= 0.3 is 5.97 Å². The molecule has 1 rings (SSSR count). The van der Waals surface area contributed by atoms with Crippen LogP contribution in [0.25, 0.3) is 0 Å². The molecular weight excluding hydrogens is 252 g/mol. The summed E-state index contributed by atoms with van der Waals surface area (Å²) in [5.41, 5.74) is 0.374. The van der Waals surface area contributed by atoms with Crippen molar-refractivity contribution in [1.29, 1.82) is 0 Å². The van der Waals surface area contributed by atoms with Crippen LogP contribution in [0.5, 0.6) is 0 Å². The highest BCUT2D eigenvalue weighted by Gasteiger charge is 2.13. The van der Waals surface area contributed by atoms with E-state index in [-0.39, 0.29) is 19.1 Å². The molecule has 1 aromatic rings. The molecule has 19 heavy (non-hydrogen) atoms. The van der Waals surface area contributed by atoms with Gasteiger partial charge in [0.05, 0.1) is 13.2 Å². The summed E-state index contributed by atoms with van der Waals surface area (Å²) in [7, 11) is 0. The summed E-state index contributed by atoms with van der Waals surface area (Å²) < 4.78 is 31.2.